The molecule has 2 atom stereocenters. The van der Waals surface area contributed by atoms with Gasteiger partial charge in [0.05, 0.1) is 0 Å². The topological polar surface area (TPSA) is 87.6 Å². The van der Waals surface area contributed by atoms with Gasteiger partial charge < -0.3 is 11.1 Å². The molecule has 0 bridgehead atoms. The van der Waals surface area contributed by atoms with Crippen LogP contribution >= 0.6 is 0 Å². The smallest absolute Gasteiger partial charge is 0.224 e. The maximum atomic E-state index is 8.68. The van der Waals surface area contributed by atoms with Crippen LogP contribution in [-0.2, 0) is 0 Å². The minimum absolute atomic E-state index is 0.166. The van der Waals surface area contributed by atoms with E-state index in [1.54, 1.807) is 12.3 Å². The Morgan fingerprint density at radius 3 is 3.07 bits per heavy atom. The van der Waals surface area contributed by atoms with Gasteiger partial charge in [0.15, 0.2) is 0 Å². The number of hydrogen-bond acceptors (Lipinski definition) is 5. The molecule has 1 heterocycles. The van der Waals surface area contributed by atoms with Crippen LogP contribution in [0.5, 0.6) is 0 Å². The largest absolute Gasteiger partial charge is 0.350 e. The highest BCUT2D eigenvalue weighted by Gasteiger charge is 2.24. The number of aromatic nitrogens is 2. The third-order valence-electron chi connectivity index (χ3n) is 2.65. The van der Waals surface area contributed by atoms with Gasteiger partial charge in [-0.05, 0) is 25.3 Å². The Balaban J connectivity index is 2.07. The summed E-state index contributed by atoms with van der Waals surface area (Å²) in [5.41, 5.74) is 6.29. The SMILES string of the molecule is N#Cc1ccnc(NC2CCCC2N)n1. The van der Waals surface area contributed by atoms with Crippen LogP contribution in [0.2, 0.25) is 0 Å². The minimum Gasteiger partial charge on any atom is -0.350 e. The summed E-state index contributed by atoms with van der Waals surface area (Å²) in [5.74, 6) is 0.497. The molecule has 1 saturated carbocycles. The lowest BCUT2D eigenvalue weighted by atomic mass is 10.2. The summed E-state index contributed by atoms with van der Waals surface area (Å²) >= 11 is 0. The monoisotopic (exact) mass is 203 g/mol. The molecule has 1 aromatic heterocycles. The molecular formula is C10H13N5. The molecule has 5 heteroatoms. The van der Waals surface area contributed by atoms with Crippen LogP contribution in [0.4, 0.5) is 5.95 Å². The van der Waals surface area contributed by atoms with E-state index in [1.165, 1.54) is 0 Å². The van der Waals surface area contributed by atoms with Gasteiger partial charge in [-0.3, -0.25) is 0 Å². The minimum atomic E-state index is 0.166. The van der Waals surface area contributed by atoms with Crippen molar-refractivity contribution in [3.8, 4) is 6.07 Å². The van der Waals surface area contributed by atoms with Gasteiger partial charge in [-0.25, -0.2) is 9.97 Å². The molecule has 1 fully saturated rings. The van der Waals surface area contributed by atoms with Crippen LogP contribution in [0.3, 0.4) is 0 Å². The van der Waals surface area contributed by atoms with E-state index in [0.717, 1.165) is 19.3 Å². The highest BCUT2D eigenvalue weighted by molar-refractivity contribution is 5.31. The Labute approximate surface area is 88.3 Å². The van der Waals surface area contributed by atoms with Gasteiger partial charge >= 0.3 is 0 Å². The summed E-state index contributed by atoms with van der Waals surface area (Å²) in [7, 11) is 0. The van der Waals surface area contributed by atoms with Crippen molar-refractivity contribution < 1.29 is 0 Å². The summed E-state index contributed by atoms with van der Waals surface area (Å²) < 4.78 is 0. The molecule has 0 amide bonds. The van der Waals surface area contributed by atoms with Gasteiger partial charge in [0.2, 0.25) is 5.95 Å². The normalized spacial score (nSPS) is 24.8. The predicted octanol–water partition coefficient (Wildman–Crippen LogP) is 0.640. The first-order chi connectivity index (χ1) is 7.29. The zero-order chi connectivity index (χ0) is 10.7. The van der Waals surface area contributed by atoms with Gasteiger partial charge in [0.1, 0.15) is 11.8 Å². The van der Waals surface area contributed by atoms with E-state index in [2.05, 4.69) is 15.3 Å². The van der Waals surface area contributed by atoms with Gasteiger partial charge in [-0.1, -0.05) is 0 Å². The Morgan fingerprint density at radius 2 is 2.40 bits per heavy atom. The molecular weight excluding hydrogens is 190 g/mol. The quantitative estimate of drug-likeness (QED) is 0.736. The Hall–Kier alpha value is -1.67. The molecule has 1 aromatic rings. The lowest BCUT2D eigenvalue weighted by Crippen LogP contribution is -2.35. The van der Waals surface area contributed by atoms with Crippen LogP contribution in [0.15, 0.2) is 12.3 Å². The second-order valence-electron chi connectivity index (χ2n) is 3.72. The first kappa shape index (κ1) is 9.87. The van der Waals surface area contributed by atoms with Crippen molar-refractivity contribution >= 4 is 5.95 Å². The van der Waals surface area contributed by atoms with Gasteiger partial charge in [0, 0.05) is 18.3 Å². The van der Waals surface area contributed by atoms with E-state index in [9.17, 15) is 0 Å². The number of hydrogen-bond donors (Lipinski definition) is 2. The van der Waals surface area contributed by atoms with E-state index in [1.807, 2.05) is 6.07 Å². The molecule has 3 N–H and O–H groups in total. The third-order valence-corrected chi connectivity index (χ3v) is 2.65. The number of nitriles is 1. The first-order valence-corrected chi connectivity index (χ1v) is 5.05. The Kier molecular flexibility index (Phi) is 2.79. The van der Waals surface area contributed by atoms with Crippen LogP contribution in [0, 0.1) is 11.3 Å². The zero-order valence-electron chi connectivity index (χ0n) is 8.35. The molecule has 1 aliphatic carbocycles. The second kappa shape index (κ2) is 4.24. The predicted molar refractivity (Wildman–Crippen MR) is 56.0 cm³/mol. The standard InChI is InChI=1S/C10H13N5/c11-6-7-4-5-13-10(14-7)15-9-3-1-2-8(9)12/h4-5,8-9H,1-3,12H2,(H,13,14,15). The maximum Gasteiger partial charge on any atom is 0.224 e. The Morgan fingerprint density at radius 1 is 1.53 bits per heavy atom. The summed E-state index contributed by atoms with van der Waals surface area (Å²) in [4.78, 5) is 8.11. The van der Waals surface area contributed by atoms with Crippen molar-refractivity contribution in [2.45, 2.75) is 31.3 Å². The van der Waals surface area contributed by atoms with Crippen molar-refractivity contribution in [2.24, 2.45) is 5.73 Å². The molecule has 0 aliphatic heterocycles. The van der Waals surface area contributed by atoms with Crippen LogP contribution < -0.4 is 11.1 Å². The molecule has 1 aliphatic rings. The first-order valence-electron chi connectivity index (χ1n) is 5.05. The van der Waals surface area contributed by atoms with Crippen molar-refractivity contribution in [3.05, 3.63) is 18.0 Å². The van der Waals surface area contributed by atoms with Crippen molar-refractivity contribution in [1.29, 1.82) is 5.26 Å². The number of nitrogens with two attached hydrogens (primary N) is 1. The third kappa shape index (κ3) is 2.22. The fourth-order valence-electron chi connectivity index (χ4n) is 1.82. The van der Waals surface area contributed by atoms with Crippen molar-refractivity contribution in [3.63, 3.8) is 0 Å². The lowest BCUT2D eigenvalue weighted by Gasteiger charge is -2.16. The molecule has 0 aromatic carbocycles. The van der Waals surface area contributed by atoms with E-state index in [4.69, 9.17) is 11.0 Å². The summed E-state index contributed by atoms with van der Waals surface area (Å²) in [6.45, 7) is 0. The summed E-state index contributed by atoms with van der Waals surface area (Å²) in [5, 5.41) is 11.8. The van der Waals surface area contributed by atoms with Crippen LogP contribution in [0.1, 0.15) is 25.0 Å². The highest BCUT2D eigenvalue weighted by atomic mass is 15.1. The molecule has 78 valence electrons. The van der Waals surface area contributed by atoms with Gasteiger partial charge in [-0.15, -0.1) is 0 Å². The van der Waals surface area contributed by atoms with E-state index in [-0.39, 0.29) is 12.1 Å². The number of nitrogens with zero attached hydrogens (tertiary/aromatic N) is 3. The molecule has 5 nitrogen and oxygen atoms in total. The fourth-order valence-corrected chi connectivity index (χ4v) is 1.82. The highest BCUT2D eigenvalue weighted by Crippen LogP contribution is 2.19. The number of nitrogens with one attached hydrogen (secondary N) is 1. The average molecular weight is 203 g/mol. The number of rotatable bonds is 2. The van der Waals surface area contributed by atoms with Crippen molar-refractivity contribution in [1.82, 2.24) is 9.97 Å². The summed E-state index contributed by atoms with van der Waals surface area (Å²) in [6.07, 6.45) is 4.79. The van der Waals surface area contributed by atoms with E-state index in [0.29, 0.717) is 11.6 Å². The van der Waals surface area contributed by atoms with Crippen LogP contribution in [0.25, 0.3) is 0 Å². The Bertz CT molecular complexity index is 384. The van der Waals surface area contributed by atoms with E-state index < -0.39 is 0 Å². The molecule has 0 saturated heterocycles. The zero-order valence-corrected chi connectivity index (χ0v) is 8.35. The van der Waals surface area contributed by atoms with Crippen LogP contribution in [-0.4, -0.2) is 22.1 Å². The molecule has 15 heavy (non-hydrogen) atoms. The average Bonchev–Trinajstić information content (AvgIpc) is 2.65. The van der Waals surface area contributed by atoms with Gasteiger partial charge in [-0.2, -0.15) is 5.26 Å². The molecule has 0 radical (unpaired) electrons. The van der Waals surface area contributed by atoms with Gasteiger partial charge in [0.25, 0.3) is 0 Å². The molecule has 0 spiro atoms. The second-order valence-corrected chi connectivity index (χ2v) is 3.72. The lowest BCUT2D eigenvalue weighted by molar-refractivity contribution is 0.632. The molecule has 2 rings (SSSR count). The van der Waals surface area contributed by atoms with E-state index >= 15 is 0 Å². The number of anilines is 1. The summed E-state index contributed by atoms with van der Waals surface area (Å²) in [6, 6.07) is 3.97. The molecule has 2 unspecified atom stereocenters. The fraction of sp³-hybridized carbons (Fsp3) is 0.500. The maximum absolute atomic E-state index is 8.68. The van der Waals surface area contributed by atoms with Crippen molar-refractivity contribution in [2.75, 3.05) is 5.32 Å².